The van der Waals surface area contributed by atoms with Crippen LogP contribution in [0.15, 0.2) is 53.4 Å². The molecule has 2 rings (SSSR count). The smallest absolute Gasteiger partial charge is 0.205 e. The topological polar surface area (TPSA) is 61.2 Å². The third kappa shape index (κ3) is 2.49. The number of hydrogen-bond acceptors (Lipinski definition) is 3. The summed E-state index contributed by atoms with van der Waals surface area (Å²) in [5.74, 6) is -0.773. The molecular weight excluding hydrogens is 279 g/mol. The van der Waals surface area contributed by atoms with E-state index in [4.69, 9.17) is 5.26 Å². The Morgan fingerprint density at radius 3 is 2.25 bits per heavy atom. The zero-order chi connectivity index (χ0) is 14.8. The number of aryl methyl sites for hydroxylation is 1. The molecule has 0 unspecified atom stereocenters. The van der Waals surface area contributed by atoms with Crippen LogP contribution in [0.25, 0.3) is 0 Å². The highest BCUT2D eigenvalue weighted by Gasteiger charge is 2.26. The van der Waals surface area contributed by atoms with E-state index in [0.717, 1.165) is 11.6 Å². The number of hydrogen-bond donors (Lipinski definition) is 0. The summed E-state index contributed by atoms with van der Waals surface area (Å²) in [6.07, 6.45) is 1.52. The molecule has 0 atom stereocenters. The van der Waals surface area contributed by atoms with Crippen LogP contribution in [0, 0.1) is 24.2 Å². The van der Waals surface area contributed by atoms with Gasteiger partial charge in [-0.1, -0.05) is 29.8 Å². The molecule has 0 amide bonds. The number of anilines is 1. The predicted octanol–water partition coefficient (Wildman–Crippen LogP) is 2.81. The summed E-state index contributed by atoms with van der Waals surface area (Å²) < 4.78 is 38.8. The summed E-state index contributed by atoms with van der Waals surface area (Å²) in [5.41, 5.74) is 0.592. The fourth-order valence-corrected chi connectivity index (χ4v) is 2.87. The Morgan fingerprint density at radius 2 is 1.70 bits per heavy atom. The number of nitriles is 1. The van der Waals surface area contributed by atoms with Crippen molar-refractivity contribution in [2.75, 3.05) is 4.31 Å². The molecule has 4 nitrogen and oxygen atoms in total. The Bertz CT molecular complexity index is 765. The van der Waals surface area contributed by atoms with E-state index in [1.54, 1.807) is 12.1 Å². The highest BCUT2D eigenvalue weighted by atomic mass is 32.2. The minimum Gasteiger partial charge on any atom is -0.205 e. The maximum absolute atomic E-state index is 13.7. The first-order valence-electron chi connectivity index (χ1n) is 5.73. The van der Waals surface area contributed by atoms with Crippen molar-refractivity contribution in [1.82, 2.24) is 0 Å². The second-order valence-corrected chi connectivity index (χ2v) is 5.92. The van der Waals surface area contributed by atoms with E-state index in [1.807, 2.05) is 6.92 Å². The number of benzene rings is 2. The fourth-order valence-electron chi connectivity index (χ4n) is 1.67. The summed E-state index contributed by atoms with van der Waals surface area (Å²) in [5, 5.41) is 9.09. The average Bonchev–Trinajstić information content (AvgIpc) is 2.42. The van der Waals surface area contributed by atoms with Gasteiger partial charge < -0.3 is 0 Å². The van der Waals surface area contributed by atoms with Gasteiger partial charge in [0.05, 0.1) is 4.90 Å². The van der Waals surface area contributed by atoms with Gasteiger partial charge in [0, 0.05) is 0 Å². The van der Waals surface area contributed by atoms with Crippen LogP contribution < -0.4 is 4.31 Å². The van der Waals surface area contributed by atoms with Crippen LogP contribution in [0.1, 0.15) is 5.56 Å². The Balaban J connectivity index is 2.55. The van der Waals surface area contributed by atoms with Gasteiger partial charge in [0.1, 0.15) is 11.5 Å². The van der Waals surface area contributed by atoms with Crippen LogP contribution in [-0.4, -0.2) is 8.42 Å². The summed E-state index contributed by atoms with van der Waals surface area (Å²) >= 11 is 0. The van der Waals surface area contributed by atoms with Crippen molar-refractivity contribution in [2.45, 2.75) is 11.8 Å². The van der Waals surface area contributed by atoms with E-state index in [9.17, 15) is 12.8 Å². The summed E-state index contributed by atoms with van der Waals surface area (Å²) in [6.45, 7) is 1.81. The minimum atomic E-state index is -4.11. The number of sulfonamides is 1. The predicted molar refractivity (Wildman–Crippen MR) is 72.9 cm³/mol. The van der Waals surface area contributed by atoms with Crippen LogP contribution in [0.4, 0.5) is 10.1 Å². The van der Waals surface area contributed by atoms with E-state index < -0.39 is 15.8 Å². The average molecular weight is 290 g/mol. The van der Waals surface area contributed by atoms with Crippen molar-refractivity contribution in [3.8, 4) is 6.19 Å². The molecule has 0 saturated heterocycles. The van der Waals surface area contributed by atoms with Crippen LogP contribution >= 0.6 is 0 Å². The normalized spacial score (nSPS) is 10.8. The molecule has 0 fully saturated rings. The van der Waals surface area contributed by atoms with Crippen molar-refractivity contribution >= 4 is 15.7 Å². The lowest BCUT2D eigenvalue weighted by atomic mass is 10.2. The molecule has 0 spiro atoms. The van der Waals surface area contributed by atoms with Gasteiger partial charge in [-0.15, -0.1) is 0 Å². The molecule has 6 heteroatoms. The largest absolute Gasteiger partial charge is 0.277 e. The number of rotatable bonds is 3. The Hall–Kier alpha value is -2.39. The molecule has 0 radical (unpaired) electrons. The molecule has 20 heavy (non-hydrogen) atoms. The molecule has 0 N–H and O–H groups in total. The molecule has 2 aromatic rings. The first-order chi connectivity index (χ1) is 9.46. The van der Waals surface area contributed by atoms with E-state index in [1.165, 1.54) is 36.5 Å². The second kappa shape index (κ2) is 5.31. The summed E-state index contributed by atoms with van der Waals surface area (Å²) in [6, 6.07) is 11.2. The van der Waals surface area contributed by atoms with Gasteiger partial charge in [-0.3, -0.25) is 0 Å². The first-order valence-corrected chi connectivity index (χ1v) is 7.17. The summed E-state index contributed by atoms with van der Waals surface area (Å²) in [4.78, 5) is -0.0621. The highest BCUT2D eigenvalue weighted by molar-refractivity contribution is 7.93. The Labute approximate surface area is 116 Å². The Morgan fingerprint density at radius 1 is 1.10 bits per heavy atom. The van der Waals surface area contributed by atoms with E-state index in [-0.39, 0.29) is 10.6 Å². The van der Waals surface area contributed by atoms with Gasteiger partial charge in [0.15, 0.2) is 6.19 Å². The Kier molecular flexibility index (Phi) is 3.72. The monoisotopic (exact) mass is 290 g/mol. The summed E-state index contributed by atoms with van der Waals surface area (Å²) in [7, 11) is -4.11. The third-order valence-corrected chi connectivity index (χ3v) is 4.35. The minimum absolute atomic E-state index is 0.0621. The molecule has 0 aliphatic heterocycles. The second-order valence-electron chi connectivity index (χ2n) is 4.13. The van der Waals surface area contributed by atoms with E-state index in [0.29, 0.717) is 4.31 Å². The van der Waals surface area contributed by atoms with Gasteiger partial charge in [0.25, 0.3) is 10.0 Å². The van der Waals surface area contributed by atoms with Crippen LogP contribution in [0.2, 0.25) is 0 Å². The van der Waals surface area contributed by atoms with Crippen molar-refractivity contribution < 1.29 is 12.8 Å². The first kappa shape index (κ1) is 14.0. The quantitative estimate of drug-likeness (QED) is 0.645. The van der Waals surface area contributed by atoms with Gasteiger partial charge in [0.2, 0.25) is 0 Å². The van der Waals surface area contributed by atoms with Crippen molar-refractivity contribution in [3.05, 3.63) is 59.9 Å². The van der Waals surface area contributed by atoms with Crippen LogP contribution in [0.5, 0.6) is 0 Å². The maximum atomic E-state index is 13.7. The standard InChI is InChI=1S/C14H11FN2O2S/c1-11-6-8-12(9-7-11)20(18,19)17(10-16)14-5-3-2-4-13(14)15/h2-9H,1H3. The van der Waals surface area contributed by atoms with Crippen molar-refractivity contribution in [2.24, 2.45) is 0 Å². The van der Waals surface area contributed by atoms with E-state index >= 15 is 0 Å². The number of para-hydroxylation sites is 1. The van der Waals surface area contributed by atoms with Crippen LogP contribution in [0.3, 0.4) is 0 Å². The third-order valence-electron chi connectivity index (χ3n) is 2.72. The zero-order valence-electron chi connectivity index (χ0n) is 10.6. The lowest BCUT2D eigenvalue weighted by molar-refractivity contribution is 0.592. The van der Waals surface area contributed by atoms with E-state index in [2.05, 4.69) is 0 Å². The molecule has 102 valence electrons. The molecule has 0 aliphatic rings. The maximum Gasteiger partial charge on any atom is 0.277 e. The van der Waals surface area contributed by atoms with Crippen LogP contribution in [-0.2, 0) is 10.0 Å². The van der Waals surface area contributed by atoms with Gasteiger partial charge >= 0.3 is 0 Å². The number of halogens is 1. The zero-order valence-corrected chi connectivity index (χ0v) is 11.4. The van der Waals surface area contributed by atoms with Gasteiger partial charge in [-0.2, -0.15) is 18.0 Å². The highest BCUT2D eigenvalue weighted by Crippen LogP contribution is 2.25. The van der Waals surface area contributed by atoms with Gasteiger partial charge in [-0.05, 0) is 31.2 Å². The molecule has 2 aromatic carbocycles. The number of nitrogens with zero attached hydrogens (tertiary/aromatic N) is 2. The molecule has 0 heterocycles. The fraction of sp³-hybridized carbons (Fsp3) is 0.0714. The molecular formula is C14H11FN2O2S. The lowest BCUT2D eigenvalue weighted by Crippen LogP contribution is -2.26. The SMILES string of the molecule is Cc1ccc(S(=O)(=O)N(C#N)c2ccccc2F)cc1. The van der Waals surface area contributed by atoms with Crippen molar-refractivity contribution in [1.29, 1.82) is 5.26 Å². The lowest BCUT2D eigenvalue weighted by Gasteiger charge is -2.16. The molecule has 0 saturated carbocycles. The molecule has 0 aromatic heterocycles. The van der Waals surface area contributed by atoms with Gasteiger partial charge in [-0.25, -0.2) is 4.39 Å². The molecule has 0 bridgehead atoms. The molecule has 0 aliphatic carbocycles. The van der Waals surface area contributed by atoms with Crippen molar-refractivity contribution in [3.63, 3.8) is 0 Å².